The highest BCUT2D eigenvalue weighted by molar-refractivity contribution is 5.69. The maximum absolute atomic E-state index is 11.8. The monoisotopic (exact) mass is 271 g/mol. The van der Waals surface area contributed by atoms with E-state index in [9.17, 15) is 9.59 Å². The van der Waals surface area contributed by atoms with Gasteiger partial charge in [-0.2, -0.15) is 0 Å². The van der Waals surface area contributed by atoms with E-state index in [0.717, 1.165) is 25.7 Å². The summed E-state index contributed by atoms with van der Waals surface area (Å²) in [5.41, 5.74) is -0.779. The van der Waals surface area contributed by atoms with Crippen LogP contribution in [0.3, 0.4) is 0 Å². The minimum Gasteiger partial charge on any atom is -0.481 e. The van der Waals surface area contributed by atoms with Crippen LogP contribution in [0.2, 0.25) is 0 Å². The highest BCUT2D eigenvalue weighted by atomic mass is 16.6. The second kappa shape index (κ2) is 5.80. The fourth-order valence-corrected chi connectivity index (χ4v) is 2.44. The summed E-state index contributed by atoms with van der Waals surface area (Å²) in [6.07, 6.45) is 3.08. The number of carbonyl (C=O) groups is 2. The van der Waals surface area contributed by atoms with Crippen molar-refractivity contribution in [1.82, 2.24) is 5.32 Å². The highest BCUT2D eigenvalue weighted by Gasteiger charge is 2.34. The maximum atomic E-state index is 11.8. The van der Waals surface area contributed by atoms with Crippen molar-refractivity contribution in [1.29, 1.82) is 0 Å². The summed E-state index contributed by atoms with van der Waals surface area (Å²) in [5.74, 6) is -0.514. The van der Waals surface area contributed by atoms with E-state index in [1.165, 1.54) is 0 Å². The summed E-state index contributed by atoms with van der Waals surface area (Å²) in [5, 5.41) is 11.7. The quantitative estimate of drug-likeness (QED) is 0.827. The van der Waals surface area contributed by atoms with Crippen molar-refractivity contribution in [3.8, 4) is 0 Å². The van der Waals surface area contributed by atoms with Crippen molar-refractivity contribution in [2.45, 2.75) is 70.9 Å². The summed E-state index contributed by atoms with van der Waals surface area (Å²) in [7, 11) is 0. The maximum Gasteiger partial charge on any atom is 0.408 e. The molecule has 110 valence electrons. The van der Waals surface area contributed by atoms with Gasteiger partial charge in [-0.25, -0.2) is 4.79 Å². The SMILES string of the molecule is CC1(NC(=O)OC(C)(C)C)CCC(CC(=O)O)CC1. The number of carboxylic acids is 1. The van der Waals surface area contributed by atoms with Gasteiger partial charge in [0.1, 0.15) is 5.60 Å². The third-order valence-corrected chi connectivity index (χ3v) is 3.47. The van der Waals surface area contributed by atoms with E-state index in [0.29, 0.717) is 0 Å². The van der Waals surface area contributed by atoms with Crippen LogP contribution in [0, 0.1) is 5.92 Å². The zero-order valence-electron chi connectivity index (χ0n) is 12.3. The predicted molar refractivity (Wildman–Crippen MR) is 72.0 cm³/mol. The first-order valence-electron chi connectivity index (χ1n) is 6.83. The molecule has 0 aromatic carbocycles. The lowest BCUT2D eigenvalue weighted by Crippen LogP contribution is -2.50. The number of amides is 1. The number of aliphatic carboxylic acids is 1. The normalized spacial score (nSPS) is 27.7. The topological polar surface area (TPSA) is 75.6 Å². The number of ether oxygens (including phenoxy) is 1. The average molecular weight is 271 g/mol. The van der Waals surface area contributed by atoms with Gasteiger partial charge in [-0.3, -0.25) is 4.79 Å². The molecule has 1 aliphatic rings. The van der Waals surface area contributed by atoms with E-state index in [-0.39, 0.29) is 17.9 Å². The Morgan fingerprint density at radius 3 is 2.26 bits per heavy atom. The Morgan fingerprint density at radius 2 is 1.84 bits per heavy atom. The van der Waals surface area contributed by atoms with Gasteiger partial charge in [-0.05, 0) is 59.3 Å². The molecule has 0 heterocycles. The summed E-state index contributed by atoms with van der Waals surface area (Å²) >= 11 is 0. The number of carboxylic acid groups (broad SMARTS) is 1. The van der Waals surface area contributed by atoms with Crippen LogP contribution >= 0.6 is 0 Å². The van der Waals surface area contributed by atoms with Crippen molar-refractivity contribution in [3.05, 3.63) is 0 Å². The van der Waals surface area contributed by atoms with Crippen LogP contribution in [-0.2, 0) is 9.53 Å². The van der Waals surface area contributed by atoms with Gasteiger partial charge in [0.15, 0.2) is 0 Å². The lowest BCUT2D eigenvalue weighted by atomic mass is 9.76. The fraction of sp³-hybridized carbons (Fsp3) is 0.857. The van der Waals surface area contributed by atoms with E-state index >= 15 is 0 Å². The Kier molecular flexibility index (Phi) is 4.82. The van der Waals surface area contributed by atoms with Gasteiger partial charge in [0.2, 0.25) is 0 Å². The Bertz CT molecular complexity index is 338. The Labute approximate surface area is 114 Å². The Morgan fingerprint density at radius 1 is 1.32 bits per heavy atom. The molecule has 1 rings (SSSR count). The zero-order chi connectivity index (χ0) is 14.7. The van der Waals surface area contributed by atoms with Gasteiger partial charge < -0.3 is 15.2 Å². The molecule has 0 aliphatic heterocycles. The standard InChI is InChI=1S/C14H25NO4/c1-13(2,3)19-12(18)15-14(4)7-5-10(6-8-14)9-11(16)17/h10H,5-9H2,1-4H3,(H,15,18)(H,16,17). The molecule has 0 saturated heterocycles. The molecular weight excluding hydrogens is 246 g/mol. The molecule has 1 aliphatic carbocycles. The van der Waals surface area contributed by atoms with Gasteiger partial charge >= 0.3 is 12.1 Å². The minimum atomic E-state index is -0.742. The Balaban J connectivity index is 2.43. The van der Waals surface area contributed by atoms with Gasteiger partial charge in [0, 0.05) is 12.0 Å². The third kappa shape index (κ3) is 5.94. The first kappa shape index (κ1) is 15.8. The Hall–Kier alpha value is -1.26. The van der Waals surface area contributed by atoms with Crippen LogP contribution in [-0.4, -0.2) is 28.3 Å². The van der Waals surface area contributed by atoms with E-state index in [1.54, 1.807) is 0 Å². The molecule has 5 nitrogen and oxygen atoms in total. The molecule has 0 bridgehead atoms. The van der Waals surface area contributed by atoms with Crippen LogP contribution in [0.15, 0.2) is 0 Å². The predicted octanol–water partition coefficient (Wildman–Crippen LogP) is 2.93. The molecule has 0 atom stereocenters. The van der Waals surface area contributed by atoms with Crippen LogP contribution in [0.25, 0.3) is 0 Å². The molecule has 1 saturated carbocycles. The van der Waals surface area contributed by atoms with Gasteiger partial charge in [-0.15, -0.1) is 0 Å². The smallest absolute Gasteiger partial charge is 0.408 e. The molecular formula is C14H25NO4. The number of hydrogen-bond donors (Lipinski definition) is 2. The molecule has 0 aromatic rings. The summed E-state index contributed by atoms with van der Waals surface area (Å²) in [6.45, 7) is 7.49. The van der Waals surface area contributed by atoms with Crippen molar-refractivity contribution < 1.29 is 19.4 Å². The van der Waals surface area contributed by atoms with E-state index in [1.807, 2.05) is 27.7 Å². The highest BCUT2D eigenvalue weighted by Crippen LogP contribution is 2.33. The summed E-state index contributed by atoms with van der Waals surface area (Å²) in [4.78, 5) is 22.4. The first-order chi connectivity index (χ1) is 8.60. The van der Waals surface area contributed by atoms with E-state index in [4.69, 9.17) is 9.84 Å². The number of alkyl carbamates (subject to hydrolysis) is 1. The second-order valence-electron chi connectivity index (χ2n) is 6.73. The van der Waals surface area contributed by atoms with Crippen molar-refractivity contribution in [2.24, 2.45) is 5.92 Å². The molecule has 1 amide bonds. The van der Waals surface area contributed by atoms with Gasteiger partial charge in [-0.1, -0.05) is 0 Å². The molecule has 19 heavy (non-hydrogen) atoms. The van der Waals surface area contributed by atoms with Crippen molar-refractivity contribution in [2.75, 3.05) is 0 Å². The number of carbonyl (C=O) groups excluding carboxylic acids is 1. The summed E-state index contributed by atoms with van der Waals surface area (Å²) < 4.78 is 5.25. The molecule has 0 spiro atoms. The van der Waals surface area contributed by atoms with E-state index < -0.39 is 17.7 Å². The number of rotatable bonds is 3. The molecule has 0 aromatic heterocycles. The van der Waals surface area contributed by atoms with Crippen molar-refractivity contribution >= 4 is 12.1 Å². The van der Waals surface area contributed by atoms with Crippen LogP contribution in [0.4, 0.5) is 4.79 Å². The molecule has 0 radical (unpaired) electrons. The van der Waals surface area contributed by atoms with Crippen LogP contribution in [0.1, 0.15) is 59.8 Å². The lowest BCUT2D eigenvalue weighted by Gasteiger charge is -2.38. The molecule has 2 N–H and O–H groups in total. The third-order valence-electron chi connectivity index (χ3n) is 3.47. The largest absolute Gasteiger partial charge is 0.481 e. The van der Waals surface area contributed by atoms with Crippen molar-refractivity contribution in [3.63, 3.8) is 0 Å². The molecule has 1 fully saturated rings. The second-order valence-corrected chi connectivity index (χ2v) is 6.73. The minimum absolute atomic E-state index is 0.225. The molecule has 0 unspecified atom stereocenters. The fourth-order valence-electron chi connectivity index (χ4n) is 2.44. The lowest BCUT2D eigenvalue weighted by molar-refractivity contribution is -0.138. The van der Waals surface area contributed by atoms with Crippen LogP contribution in [0.5, 0.6) is 0 Å². The summed E-state index contributed by atoms with van der Waals surface area (Å²) in [6, 6.07) is 0. The van der Waals surface area contributed by atoms with E-state index in [2.05, 4.69) is 5.32 Å². The van der Waals surface area contributed by atoms with Gasteiger partial charge in [0.05, 0.1) is 0 Å². The molecule has 5 heteroatoms. The number of hydrogen-bond acceptors (Lipinski definition) is 3. The zero-order valence-corrected chi connectivity index (χ0v) is 12.3. The first-order valence-corrected chi connectivity index (χ1v) is 6.83. The average Bonchev–Trinajstić information content (AvgIpc) is 2.17. The van der Waals surface area contributed by atoms with Crippen LogP contribution < -0.4 is 5.32 Å². The van der Waals surface area contributed by atoms with Gasteiger partial charge in [0.25, 0.3) is 0 Å². The number of nitrogens with one attached hydrogen (secondary N) is 1.